The lowest BCUT2D eigenvalue weighted by Gasteiger charge is -2.37. The minimum Gasteiger partial charge on any atom is -0.378 e. The van der Waals surface area contributed by atoms with Crippen molar-refractivity contribution in [3.63, 3.8) is 0 Å². The van der Waals surface area contributed by atoms with Crippen LogP contribution in [0.2, 0.25) is 0 Å². The first-order chi connectivity index (χ1) is 17.0. The predicted octanol–water partition coefficient (Wildman–Crippen LogP) is 6.24. The van der Waals surface area contributed by atoms with Crippen LogP contribution in [0.5, 0.6) is 0 Å². The van der Waals surface area contributed by atoms with Gasteiger partial charge in [-0.15, -0.1) is 0 Å². The second-order valence-electron chi connectivity index (χ2n) is 8.76. The van der Waals surface area contributed by atoms with Crippen molar-refractivity contribution in [1.82, 2.24) is 0 Å². The van der Waals surface area contributed by atoms with Crippen molar-refractivity contribution in [2.75, 3.05) is 10.0 Å². The second-order valence-corrected chi connectivity index (χ2v) is 10.4. The third-order valence-corrected chi connectivity index (χ3v) is 7.91. The van der Waals surface area contributed by atoms with Crippen LogP contribution in [0.1, 0.15) is 35.1 Å². The van der Waals surface area contributed by atoms with Crippen molar-refractivity contribution >= 4 is 27.1 Å². The van der Waals surface area contributed by atoms with E-state index in [1.165, 1.54) is 30.3 Å². The molecule has 0 unspecified atom stereocenters. The number of non-ortho nitro benzene ring substituents is 1. The van der Waals surface area contributed by atoms with Crippen LogP contribution in [-0.4, -0.2) is 13.3 Å². The third kappa shape index (κ3) is 4.41. The molecule has 7 nitrogen and oxygen atoms in total. The summed E-state index contributed by atoms with van der Waals surface area (Å²) in [4.78, 5) is 10.7. The summed E-state index contributed by atoms with van der Waals surface area (Å²) in [5, 5.41) is 14.6. The molecule has 5 rings (SSSR count). The maximum absolute atomic E-state index is 13.0. The molecule has 11 heteroatoms. The highest BCUT2D eigenvalue weighted by molar-refractivity contribution is 7.92. The van der Waals surface area contributed by atoms with Crippen LogP contribution in [-0.2, 0) is 16.2 Å². The zero-order valence-electron chi connectivity index (χ0n) is 18.6. The lowest BCUT2D eigenvalue weighted by Crippen LogP contribution is -2.29. The van der Waals surface area contributed by atoms with Crippen molar-refractivity contribution in [2.24, 2.45) is 5.92 Å². The van der Waals surface area contributed by atoms with Crippen LogP contribution in [0.3, 0.4) is 0 Å². The van der Waals surface area contributed by atoms with Crippen LogP contribution in [0.25, 0.3) is 0 Å². The average molecular weight is 516 g/mol. The first-order valence-corrected chi connectivity index (χ1v) is 12.5. The Morgan fingerprint density at radius 3 is 2.56 bits per heavy atom. The van der Waals surface area contributed by atoms with Crippen LogP contribution in [0, 0.1) is 16.0 Å². The summed E-state index contributed by atoms with van der Waals surface area (Å²) >= 11 is 0. The van der Waals surface area contributed by atoms with Crippen molar-refractivity contribution in [1.29, 1.82) is 0 Å². The first-order valence-electron chi connectivity index (χ1n) is 11.0. The zero-order chi connectivity index (χ0) is 25.7. The molecule has 3 aromatic rings. The number of benzene rings is 3. The molecule has 186 valence electrons. The molecule has 2 aliphatic rings. The fourth-order valence-electron chi connectivity index (χ4n) is 4.87. The number of alkyl halides is 3. The number of anilines is 2. The molecule has 0 aromatic heterocycles. The van der Waals surface area contributed by atoms with Gasteiger partial charge in [0.2, 0.25) is 0 Å². The number of sulfonamides is 1. The molecule has 0 fully saturated rings. The van der Waals surface area contributed by atoms with E-state index in [1.54, 1.807) is 12.1 Å². The fraction of sp³-hybridized carbons (Fsp3) is 0.200. The molecule has 0 bridgehead atoms. The molecular formula is C25H20F3N3O4S. The van der Waals surface area contributed by atoms with Crippen molar-refractivity contribution in [3.05, 3.63) is 106 Å². The van der Waals surface area contributed by atoms with E-state index < -0.39 is 26.7 Å². The highest BCUT2D eigenvalue weighted by Gasteiger charge is 2.39. The average Bonchev–Trinajstić information content (AvgIpc) is 3.33. The summed E-state index contributed by atoms with van der Waals surface area (Å²) in [7, 11) is -4.16. The van der Waals surface area contributed by atoms with E-state index in [-0.39, 0.29) is 34.1 Å². The minimum absolute atomic E-state index is 0.00823. The maximum atomic E-state index is 13.0. The molecule has 0 spiro atoms. The van der Waals surface area contributed by atoms with E-state index in [0.29, 0.717) is 12.1 Å². The van der Waals surface area contributed by atoms with E-state index in [9.17, 15) is 31.7 Å². The largest absolute Gasteiger partial charge is 0.416 e. The Labute approximate surface area is 204 Å². The number of fused-ring (bicyclic) bond motifs is 3. The van der Waals surface area contributed by atoms with E-state index in [1.807, 2.05) is 18.2 Å². The summed E-state index contributed by atoms with van der Waals surface area (Å²) in [6.45, 7) is 0. The zero-order valence-corrected chi connectivity index (χ0v) is 19.4. The number of rotatable bonds is 5. The summed E-state index contributed by atoms with van der Waals surface area (Å²) in [5.74, 6) is -0.122. The number of nitro benzene ring substituents is 1. The van der Waals surface area contributed by atoms with Gasteiger partial charge < -0.3 is 5.32 Å². The summed E-state index contributed by atoms with van der Waals surface area (Å²) in [6, 6.07) is 14.7. The topological polar surface area (TPSA) is 101 Å². The van der Waals surface area contributed by atoms with Gasteiger partial charge in [-0.3, -0.25) is 14.8 Å². The standard InChI is InChI=1S/C25H20F3N3O4S/c26-25(27,28)16-5-2-6-17(13-16)30-36(34,35)19-10-11-23-22(14-19)20-8-3-9-21(20)24(29-23)15-4-1-7-18(12-15)31(32)33/h1-8,10-14,20-21,24,29-30H,9H2/t20-,21+,24+/m0/s1. The molecule has 36 heavy (non-hydrogen) atoms. The van der Waals surface area contributed by atoms with Crippen LogP contribution in [0.4, 0.5) is 30.2 Å². The molecule has 1 heterocycles. The molecule has 0 saturated carbocycles. The monoisotopic (exact) mass is 515 g/mol. The van der Waals surface area contributed by atoms with Gasteiger partial charge in [0.25, 0.3) is 15.7 Å². The third-order valence-electron chi connectivity index (χ3n) is 6.53. The van der Waals surface area contributed by atoms with Gasteiger partial charge in [0.05, 0.1) is 21.4 Å². The summed E-state index contributed by atoms with van der Waals surface area (Å²) in [6.07, 6.45) is 0.0895. The molecule has 2 N–H and O–H groups in total. The molecule has 0 radical (unpaired) electrons. The Hall–Kier alpha value is -3.86. The van der Waals surface area contributed by atoms with E-state index in [2.05, 4.69) is 10.0 Å². The Morgan fingerprint density at radius 1 is 1.03 bits per heavy atom. The van der Waals surface area contributed by atoms with Crippen LogP contribution in [0.15, 0.2) is 83.8 Å². The van der Waals surface area contributed by atoms with Crippen molar-refractivity contribution in [2.45, 2.75) is 29.5 Å². The number of allylic oxidation sites excluding steroid dienone is 2. The van der Waals surface area contributed by atoms with E-state index >= 15 is 0 Å². The Bertz CT molecular complexity index is 1490. The quantitative estimate of drug-likeness (QED) is 0.238. The first kappa shape index (κ1) is 23.9. The van der Waals surface area contributed by atoms with Crippen molar-refractivity contribution < 1.29 is 26.5 Å². The normalized spacial score (nSPS) is 20.8. The van der Waals surface area contributed by atoms with Crippen LogP contribution < -0.4 is 10.0 Å². The Kier molecular flexibility index (Phi) is 5.74. The predicted molar refractivity (Wildman–Crippen MR) is 128 cm³/mol. The number of halogens is 3. The summed E-state index contributed by atoms with van der Waals surface area (Å²) in [5.41, 5.74) is 1.04. The molecular weight excluding hydrogens is 495 g/mol. The van der Waals surface area contributed by atoms with Gasteiger partial charge in [0.15, 0.2) is 0 Å². The number of hydrogen-bond acceptors (Lipinski definition) is 5. The van der Waals surface area contributed by atoms with Gasteiger partial charge in [-0.05, 0) is 59.9 Å². The number of nitrogens with one attached hydrogen (secondary N) is 2. The van der Waals surface area contributed by atoms with Gasteiger partial charge in [-0.1, -0.05) is 30.4 Å². The van der Waals surface area contributed by atoms with Gasteiger partial charge >= 0.3 is 6.18 Å². The number of nitro groups is 1. The molecule has 1 aliphatic heterocycles. The SMILES string of the molecule is O=[N+]([O-])c1cccc([C@H]2Nc3ccc(S(=O)(=O)Nc4cccc(C(F)(F)F)c4)cc3[C@H]3C=CC[C@H]32)c1. The fourth-order valence-corrected chi connectivity index (χ4v) is 5.96. The van der Waals surface area contributed by atoms with Crippen LogP contribution >= 0.6 is 0 Å². The number of nitrogens with zero attached hydrogens (tertiary/aromatic N) is 1. The highest BCUT2D eigenvalue weighted by atomic mass is 32.2. The Morgan fingerprint density at radius 2 is 1.81 bits per heavy atom. The maximum Gasteiger partial charge on any atom is 0.416 e. The van der Waals surface area contributed by atoms with Gasteiger partial charge in [-0.25, -0.2) is 8.42 Å². The van der Waals surface area contributed by atoms with E-state index in [4.69, 9.17) is 0 Å². The molecule has 3 aromatic carbocycles. The molecule has 3 atom stereocenters. The van der Waals surface area contributed by atoms with Gasteiger partial charge in [-0.2, -0.15) is 13.2 Å². The van der Waals surface area contributed by atoms with Gasteiger partial charge in [0.1, 0.15) is 0 Å². The number of hydrogen-bond donors (Lipinski definition) is 2. The minimum atomic E-state index is -4.60. The molecule has 0 amide bonds. The lowest BCUT2D eigenvalue weighted by atomic mass is 9.77. The molecule has 1 aliphatic carbocycles. The van der Waals surface area contributed by atoms with Crippen molar-refractivity contribution in [3.8, 4) is 0 Å². The second kappa shape index (κ2) is 8.66. The lowest BCUT2D eigenvalue weighted by molar-refractivity contribution is -0.384. The highest BCUT2D eigenvalue weighted by Crippen LogP contribution is 2.50. The Balaban J connectivity index is 1.46. The molecule has 0 saturated heterocycles. The smallest absolute Gasteiger partial charge is 0.378 e. The van der Waals surface area contributed by atoms with Gasteiger partial charge in [0, 0.05) is 29.4 Å². The summed E-state index contributed by atoms with van der Waals surface area (Å²) < 4.78 is 67.4. The van der Waals surface area contributed by atoms with E-state index in [0.717, 1.165) is 29.3 Å².